The van der Waals surface area contributed by atoms with E-state index in [1.54, 1.807) is 0 Å². The predicted octanol–water partition coefficient (Wildman–Crippen LogP) is 0.689. The number of halogens is 1. The molecule has 0 aromatic carbocycles. The fraction of sp³-hybridized carbons (Fsp3) is 0.900. The molecule has 1 radical (unpaired) electrons. The Morgan fingerprint density at radius 3 is 2.59 bits per heavy atom. The van der Waals surface area contributed by atoms with Gasteiger partial charge in [-0.05, 0) is 28.4 Å². The highest BCUT2D eigenvalue weighted by Crippen LogP contribution is 2.66. The minimum atomic E-state index is -3.73. The van der Waals surface area contributed by atoms with E-state index in [9.17, 15) is 13.6 Å². The van der Waals surface area contributed by atoms with Crippen LogP contribution in [0, 0.1) is 16.7 Å². The number of alkyl halides is 1. The second kappa shape index (κ2) is 3.84. The van der Waals surface area contributed by atoms with Crippen molar-refractivity contribution < 1.29 is 23.7 Å². The van der Waals surface area contributed by atoms with Crippen LogP contribution < -0.4 is 5.90 Å². The van der Waals surface area contributed by atoms with E-state index in [0.29, 0.717) is 6.42 Å². The van der Waals surface area contributed by atoms with Gasteiger partial charge in [-0.3, -0.25) is 4.79 Å². The molecule has 4 atom stereocenters. The third kappa shape index (κ3) is 1.67. The summed E-state index contributed by atoms with van der Waals surface area (Å²) in [6.45, 7) is 3.95. The molecular weight excluding hydrogens is 310 g/mol. The Hall–Kier alpha value is 0.180. The summed E-state index contributed by atoms with van der Waals surface area (Å²) in [7, 11) is -3.73. The van der Waals surface area contributed by atoms with Crippen molar-refractivity contribution in [2.45, 2.75) is 31.5 Å². The fourth-order valence-electron chi connectivity index (χ4n) is 3.51. The summed E-state index contributed by atoms with van der Waals surface area (Å²) < 4.78 is 27.5. The van der Waals surface area contributed by atoms with Crippen molar-refractivity contribution >= 4 is 32.2 Å². The summed E-state index contributed by atoms with van der Waals surface area (Å²) in [5.74, 6) is 2.91. The van der Waals surface area contributed by atoms with Crippen LogP contribution in [0.25, 0.3) is 0 Å². The maximum atomic E-state index is 12.3. The monoisotopic (exact) mass is 326 g/mol. The van der Waals surface area contributed by atoms with E-state index >= 15 is 0 Å². The third-order valence-corrected chi connectivity index (χ3v) is 6.98. The Bertz CT molecular complexity index is 413. The van der Waals surface area contributed by atoms with Gasteiger partial charge in [-0.2, -0.15) is 5.90 Å². The lowest BCUT2D eigenvalue weighted by Crippen LogP contribution is -2.56. The highest BCUT2D eigenvalue weighted by atomic mass is 79.9. The molecule has 1 unspecified atom stereocenters. The molecule has 7 heteroatoms. The average molecular weight is 327 g/mol. The van der Waals surface area contributed by atoms with Crippen LogP contribution in [-0.4, -0.2) is 16.4 Å². The van der Waals surface area contributed by atoms with Crippen molar-refractivity contribution in [1.82, 2.24) is 0 Å². The molecule has 0 heterocycles. The zero-order valence-electron chi connectivity index (χ0n) is 9.90. The van der Waals surface area contributed by atoms with Gasteiger partial charge in [0.25, 0.3) is 0 Å². The minimum absolute atomic E-state index is 0.000579. The second-order valence-corrected chi connectivity index (χ2v) is 8.16. The van der Waals surface area contributed by atoms with Crippen molar-refractivity contribution in [1.29, 1.82) is 0 Å². The van der Waals surface area contributed by atoms with Gasteiger partial charge < -0.3 is 0 Å². The van der Waals surface area contributed by atoms with E-state index in [4.69, 9.17) is 0 Å². The van der Waals surface area contributed by atoms with Gasteiger partial charge in [0.15, 0.2) is 11.5 Å². The Morgan fingerprint density at radius 1 is 1.59 bits per heavy atom. The zero-order chi connectivity index (χ0) is 13.1. The number of Topliss-reactive ketones (excluding diaryl/α,β-unsaturated/α-hetero) is 1. The molecular formula is C10H17BrNO4S+2. The van der Waals surface area contributed by atoms with E-state index in [1.807, 2.05) is 13.8 Å². The maximum Gasteiger partial charge on any atom is 0.449 e. The average Bonchev–Trinajstić information content (AvgIpc) is 2.54. The number of hydrogen-bond donors (Lipinski definition) is 1. The first-order valence-corrected chi connectivity index (χ1v) is 8.02. The van der Waals surface area contributed by atoms with Crippen LogP contribution in [0.1, 0.15) is 26.7 Å². The van der Waals surface area contributed by atoms with Gasteiger partial charge in [-0.25, -0.2) is 0 Å². The lowest BCUT2D eigenvalue weighted by Gasteiger charge is -2.32. The smallest absolute Gasteiger partial charge is 0.298 e. The van der Waals surface area contributed by atoms with E-state index < -0.39 is 15.9 Å². The van der Waals surface area contributed by atoms with Gasteiger partial charge >= 0.3 is 10.5 Å². The Labute approximate surface area is 110 Å². The van der Waals surface area contributed by atoms with E-state index in [0.717, 1.165) is 6.42 Å². The van der Waals surface area contributed by atoms with Gasteiger partial charge in [0, 0.05) is 4.28 Å². The largest absolute Gasteiger partial charge is 0.449 e. The molecule has 97 valence electrons. The molecule has 2 rings (SSSR count). The molecule has 0 spiro atoms. The Balaban J connectivity index is 2.42. The molecule has 5 nitrogen and oxygen atoms in total. The predicted molar refractivity (Wildman–Crippen MR) is 64.2 cm³/mol. The van der Waals surface area contributed by atoms with Crippen molar-refractivity contribution in [2.75, 3.05) is 5.75 Å². The number of rotatable bonds is 3. The number of quaternary nitrogens is 1. The fourth-order valence-corrected chi connectivity index (χ4v) is 6.22. The van der Waals surface area contributed by atoms with Crippen LogP contribution in [0.2, 0.25) is 0 Å². The van der Waals surface area contributed by atoms with Gasteiger partial charge in [-0.15, -0.1) is 0 Å². The highest BCUT2D eigenvalue weighted by Gasteiger charge is 2.72. The summed E-state index contributed by atoms with van der Waals surface area (Å²) in [6, 6.07) is 0. The van der Waals surface area contributed by atoms with Crippen LogP contribution in [0.4, 0.5) is 0 Å². The number of ketones is 1. The summed E-state index contributed by atoms with van der Waals surface area (Å²) in [5, 5.41) is 0. The van der Waals surface area contributed by atoms with Crippen molar-refractivity contribution in [3.05, 3.63) is 0 Å². The van der Waals surface area contributed by atoms with Crippen molar-refractivity contribution in [2.24, 2.45) is 16.7 Å². The molecule has 2 saturated carbocycles. The summed E-state index contributed by atoms with van der Waals surface area (Å²) in [4.78, 5) is 12.1. The van der Waals surface area contributed by atoms with Gasteiger partial charge in [0.2, 0.25) is 0 Å². The van der Waals surface area contributed by atoms with Crippen LogP contribution in [0.3, 0.4) is 0 Å². The molecule has 2 fully saturated rings. The summed E-state index contributed by atoms with van der Waals surface area (Å²) >= 11 is 3.40. The second-order valence-electron chi connectivity index (χ2n) is 5.53. The molecule has 2 aliphatic carbocycles. The first-order chi connectivity index (χ1) is 7.68. The van der Waals surface area contributed by atoms with Crippen molar-refractivity contribution in [3.8, 4) is 0 Å². The first-order valence-electron chi connectivity index (χ1n) is 5.53. The minimum Gasteiger partial charge on any atom is -0.298 e. The molecule has 3 N–H and O–H groups in total. The SMILES string of the molecule is CC1(C)[C@@H]2CC[C@@]1(C[S+]([O])(=O)O[NH3+])C(=O)[C@H]2Br. The van der Waals surface area contributed by atoms with Gasteiger partial charge in [0.05, 0.1) is 14.8 Å². The lowest BCUT2D eigenvalue weighted by atomic mass is 9.70. The quantitative estimate of drug-likeness (QED) is 0.470. The van der Waals surface area contributed by atoms with Crippen LogP contribution in [0.5, 0.6) is 0 Å². The maximum absolute atomic E-state index is 12.3. The standard InChI is InChI=1S/C10H17BrNO4S/c1-9(2)6-3-4-10(9,8(13)7(6)11)5-17(14,15)16-12/h6-7H,3-5H2,1-2,12H3/q+2/t6-,7+,10-/m1/s1. The molecule has 17 heavy (non-hydrogen) atoms. The molecule has 0 aromatic heterocycles. The number of carbonyl (C=O) groups is 1. The molecule has 0 aliphatic heterocycles. The summed E-state index contributed by atoms with van der Waals surface area (Å²) in [5.41, 5.74) is -1.13. The van der Waals surface area contributed by atoms with Gasteiger partial charge in [0.1, 0.15) is 0 Å². The number of hydrogen-bond acceptors (Lipinski definition) is 3. The molecule has 0 saturated heterocycles. The first kappa shape index (κ1) is 13.6. The Morgan fingerprint density at radius 2 is 2.18 bits per heavy atom. The highest BCUT2D eigenvalue weighted by molar-refractivity contribution is 9.10. The molecule has 0 amide bonds. The number of fused-ring (bicyclic) bond motifs is 2. The van der Waals surface area contributed by atoms with Gasteiger partial charge in [-0.1, -0.05) is 29.8 Å². The number of carbonyl (C=O) groups excluding carboxylic acids is 1. The van der Waals surface area contributed by atoms with Crippen LogP contribution >= 0.6 is 15.9 Å². The molecule has 0 aromatic rings. The Kier molecular flexibility index (Phi) is 3.07. The molecule has 2 aliphatic rings. The lowest BCUT2D eigenvalue weighted by molar-refractivity contribution is -0.637. The van der Waals surface area contributed by atoms with Crippen LogP contribution in [-0.2, 0) is 28.3 Å². The molecule has 2 bridgehead atoms. The van der Waals surface area contributed by atoms with E-state index in [1.165, 1.54) is 0 Å². The summed E-state index contributed by atoms with van der Waals surface area (Å²) in [6.07, 6.45) is 1.50. The third-order valence-electron chi connectivity index (χ3n) is 4.72. The van der Waals surface area contributed by atoms with E-state index in [2.05, 4.69) is 26.1 Å². The van der Waals surface area contributed by atoms with Crippen molar-refractivity contribution in [3.63, 3.8) is 0 Å². The van der Waals surface area contributed by atoms with E-state index in [-0.39, 0.29) is 27.7 Å². The normalized spacial score (nSPS) is 42.8. The topological polar surface area (TPSA) is 90.9 Å². The zero-order valence-corrected chi connectivity index (χ0v) is 12.3. The van der Waals surface area contributed by atoms with Crippen LogP contribution in [0.15, 0.2) is 0 Å².